The number of unbranched alkanes of at least 4 members (excludes halogenated alkanes) is 1. The first-order chi connectivity index (χ1) is 14.9. The van der Waals surface area contributed by atoms with E-state index in [1.165, 1.54) is 5.56 Å². The van der Waals surface area contributed by atoms with Crippen LogP contribution in [0.5, 0.6) is 0 Å². The SMILES string of the molecule is CCCCc1ccc(N2CC(C(=O)Nc3ccc4c(c3)n(C)c(=O)n4C)CC2=O)cc1. The highest BCUT2D eigenvalue weighted by Crippen LogP contribution is 2.27. The monoisotopic (exact) mass is 420 g/mol. The lowest BCUT2D eigenvalue weighted by atomic mass is 10.1. The molecule has 1 aliphatic heterocycles. The van der Waals surface area contributed by atoms with Gasteiger partial charge in [0, 0.05) is 38.4 Å². The Hall–Kier alpha value is -3.35. The molecule has 1 aromatic heterocycles. The summed E-state index contributed by atoms with van der Waals surface area (Å²) in [5.74, 6) is -0.638. The number of hydrogen-bond acceptors (Lipinski definition) is 3. The maximum atomic E-state index is 12.8. The molecule has 0 radical (unpaired) electrons. The molecule has 1 saturated heterocycles. The van der Waals surface area contributed by atoms with Crippen LogP contribution in [0.3, 0.4) is 0 Å². The topological polar surface area (TPSA) is 76.3 Å². The molecular weight excluding hydrogens is 392 g/mol. The van der Waals surface area contributed by atoms with E-state index >= 15 is 0 Å². The number of aromatic nitrogens is 2. The first-order valence-corrected chi connectivity index (χ1v) is 10.7. The van der Waals surface area contributed by atoms with Gasteiger partial charge in [0.1, 0.15) is 0 Å². The summed E-state index contributed by atoms with van der Waals surface area (Å²) in [7, 11) is 3.43. The third-order valence-corrected chi connectivity index (χ3v) is 6.10. The summed E-state index contributed by atoms with van der Waals surface area (Å²) in [5.41, 5.74) is 4.15. The largest absolute Gasteiger partial charge is 0.328 e. The van der Waals surface area contributed by atoms with Gasteiger partial charge in [-0.15, -0.1) is 0 Å². The number of hydrogen-bond donors (Lipinski definition) is 1. The van der Waals surface area contributed by atoms with Crippen LogP contribution in [0.2, 0.25) is 0 Å². The molecular formula is C24H28N4O3. The smallest absolute Gasteiger partial charge is 0.326 e. The van der Waals surface area contributed by atoms with Gasteiger partial charge in [-0.1, -0.05) is 25.5 Å². The van der Waals surface area contributed by atoms with E-state index in [2.05, 4.69) is 24.4 Å². The van der Waals surface area contributed by atoms with Crippen LogP contribution in [0.4, 0.5) is 11.4 Å². The molecule has 0 aliphatic carbocycles. The summed E-state index contributed by atoms with van der Waals surface area (Å²) < 4.78 is 3.12. The van der Waals surface area contributed by atoms with Crippen molar-refractivity contribution in [1.29, 1.82) is 0 Å². The summed E-state index contributed by atoms with van der Waals surface area (Å²) in [6.45, 7) is 2.53. The van der Waals surface area contributed by atoms with Crippen molar-refractivity contribution in [3.05, 3.63) is 58.5 Å². The van der Waals surface area contributed by atoms with Crippen molar-refractivity contribution in [3.8, 4) is 0 Å². The fourth-order valence-electron chi connectivity index (χ4n) is 4.19. The van der Waals surface area contributed by atoms with E-state index in [1.54, 1.807) is 40.3 Å². The van der Waals surface area contributed by atoms with Crippen LogP contribution in [0.15, 0.2) is 47.3 Å². The summed E-state index contributed by atoms with van der Waals surface area (Å²) in [5, 5.41) is 2.91. The van der Waals surface area contributed by atoms with Crippen LogP contribution < -0.4 is 15.9 Å². The lowest BCUT2D eigenvalue weighted by Gasteiger charge is -2.17. The summed E-state index contributed by atoms with van der Waals surface area (Å²) in [4.78, 5) is 39.2. The molecule has 162 valence electrons. The molecule has 4 rings (SSSR count). The number of benzene rings is 2. The van der Waals surface area contributed by atoms with Gasteiger partial charge in [0.05, 0.1) is 17.0 Å². The molecule has 1 fully saturated rings. The average Bonchev–Trinajstić information content (AvgIpc) is 3.26. The minimum absolute atomic E-state index is 0.0395. The predicted octanol–water partition coefficient (Wildman–Crippen LogP) is 3.21. The second-order valence-corrected chi connectivity index (χ2v) is 8.27. The molecule has 7 nitrogen and oxygen atoms in total. The highest BCUT2D eigenvalue weighted by atomic mass is 16.2. The number of fused-ring (bicyclic) bond motifs is 1. The van der Waals surface area contributed by atoms with Crippen LogP contribution >= 0.6 is 0 Å². The summed E-state index contributed by atoms with van der Waals surface area (Å²) in [6.07, 6.45) is 3.52. The molecule has 1 unspecified atom stereocenters. The van der Waals surface area contributed by atoms with Crippen LogP contribution in [0, 0.1) is 5.92 Å². The Morgan fingerprint density at radius 2 is 1.74 bits per heavy atom. The Labute approximate surface area is 181 Å². The lowest BCUT2D eigenvalue weighted by molar-refractivity contribution is -0.122. The molecule has 1 N–H and O–H groups in total. The Kier molecular flexibility index (Phi) is 5.67. The Morgan fingerprint density at radius 1 is 1.03 bits per heavy atom. The number of aryl methyl sites for hydroxylation is 3. The zero-order valence-corrected chi connectivity index (χ0v) is 18.2. The fraction of sp³-hybridized carbons (Fsp3) is 0.375. The number of rotatable bonds is 6. The zero-order valence-electron chi connectivity index (χ0n) is 18.2. The molecule has 31 heavy (non-hydrogen) atoms. The van der Waals surface area contributed by atoms with E-state index in [9.17, 15) is 14.4 Å². The first-order valence-electron chi connectivity index (χ1n) is 10.7. The van der Waals surface area contributed by atoms with Crippen LogP contribution in [-0.4, -0.2) is 27.5 Å². The van der Waals surface area contributed by atoms with Crippen molar-refractivity contribution in [3.63, 3.8) is 0 Å². The quantitative estimate of drug-likeness (QED) is 0.665. The minimum atomic E-state index is -0.414. The van der Waals surface area contributed by atoms with E-state index in [4.69, 9.17) is 0 Å². The minimum Gasteiger partial charge on any atom is -0.326 e. The van der Waals surface area contributed by atoms with Crippen molar-refractivity contribution in [2.45, 2.75) is 32.6 Å². The maximum absolute atomic E-state index is 12.8. The maximum Gasteiger partial charge on any atom is 0.328 e. The van der Waals surface area contributed by atoms with Crippen molar-refractivity contribution in [2.24, 2.45) is 20.0 Å². The fourth-order valence-corrected chi connectivity index (χ4v) is 4.19. The van der Waals surface area contributed by atoms with E-state index in [-0.39, 0.29) is 23.9 Å². The zero-order chi connectivity index (χ0) is 22.1. The third-order valence-electron chi connectivity index (χ3n) is 6.10. The number of nitrogens with zero attached hydrogens (tertiary/aromatic N) is 3. The van der Waals surface area contributed by atoms with Gasteiger partial charge in [-0.3, -0.25) is 18.7 Å². The highest BCUT2D eigenvalue weighted by Gasteiger charge is 2.35. The van der Waals surface area contributed by atoms with Crippen molar-refractivity contribution >= 4 is 34.2 Å². The van der Waals surface area contributed by atoms with Gasteiger partial charge in [-0.25, -0.2) is 4.79 Å². The van der Waals surface area contributed by atoms with Gasteiger partial charge in [0.25, 0.3) is 0 Å². The predicted molar refractivity (Wildman–Crippen MR) is 122 cm³/mol. The summed E-state index contributed by atoms with van der Waals surface area (Å²) in [6, 6.07) is 13.4. The van der Waals surface area contributed by atoms with E-state index in [1.807, 2.05) is 18.2 Å². The number of nitrogens with one attached hydrogen (secondary N) is 1. The summed E-state index contributed by atoms with van der Waals surface area (Å²) >= 11 is 0. The van der Waals surface area contributed by atoms with Gasteiger partial charge < -0.3 is 10.2 Å². The van der Waals surface area contributed by atoms with Gasteiger partial charge in [0.15, 0.2) is 0 Å². The average molecular weight is 421 g/mol. The van der Waals surface area contributed by atoms with E-state index in [0.717, 1.165) is 36.0 Å². The van der Waals surface area contributed by atoms with Gasteiger partial charge in [0.2, 0.25) is 11.8 Å². The normalized spacial score (nSPS) is 16.3. The molecule has 0 bridgehead atoms. The molecule has 2 heterocycles. The van der Waals surface area contributed by atoms with Crippen molar-refractivity contribution < 1.29 is 9.59 Å². The Bertz CT molecular complexity index is 1190. The van der Waals surface area contributed by atoms with Crippen molar-refractivity contribution in [2.75, 3.05) is 16.8 Å². The molecule has 7 heteroatoms. The number of amides is 2. The molecule has 2 amide bonds. The van der Waals surface area contributed by atoms with Crippen molar-refractivity contribution in [1.82, 2.24) is 9.13 Å². The highest BCUT2D eigenvalue weighted by molar-refractivity contribution is 6.04. The number of carbonyl (C=O) groups is 2. The number of carbonyl (C=O) groups excluding carboxylic acids is 2. The molecule has 1 atom stereocenters. The Balaban J connectivity index is 1.45. The van der Waals surface area contributed by atoms with Crippen LogP contribution in [0.25, 0.3) is 11.0 Å². The lowest BCUT2D eigenvalue weighted by Crippen LogP contribution is -2.28. The van der Waals surface area contributed by atoms with Gasteiger partial charge in [-0.05, 0) is 48.7 Å². The van der Waals surface area contributed by atoms with E-state index < -0.39 is 5.92 Å². The number of anilines is 2. The molecule has 3 aromatic rings. The van der Waals surface area contributed by atoms with E-state index in [0.29, 0.717) is 12.2 Å². The third kappa shape index (κ3) is 4.00. The standard InChI is InChI=1S/C24H28N4O3/c1-4-5-6-16-7-10-19(11-8-16)28-15-17(13-22(28)29)23(30)25-18-9-12-20-21(14-18)27(3)24(31)26(20)2/h7-12,14,17H,4-6,13,15H2,1-3H3,(H,25,30). The van der Waals surface area contributed by atoms with Gasteiger partial charge in [-0.2, -0.15) is 0 Å². The molecule has 0 saturated carbocycles. The first kappa shape index (κ1) is 20.9. The molecule has 1 aliphatic rings. The molecule has 0 spiro atoms. The Morgan fingerprint density at radius 3 is 2.45 bits per heavy atom. The number of imidazole rings is 1. The van der Waals surface area contributed by atoms with Crippen LogP contribution in [0.1, 0.15) is 31.7 Å². The molecule has 2 aromatic carbocycles. The van der Waals surface area contributed by atoms with Crippen LogP contribution in [-0.2, 0) is 30.1 Å². The second kappa shape index (κ2) is 8.41. The van der Waals surface area contributed by atoms with Gasteiger partial charge >= 0.3 is 5.69 Å². The second-order valence-electron chi connectivity index (χ2n) is 8.27.